The number of hydrogen-bond donors (Lipinski definition) is 2. The fourth-order valence-electron chi connectivity index (χ4n) is 2.60. The Hall–Kier alpha value is -1.13. The number of nitrogens with zero attached hydrogens (tertiary/aromatic N) is 1. The highest BCUT2D eigenvalue weighted by Crippen LogP contribution is 2.16. The van der Waals surface area contributed by atoms with Gasteiger partial charge in [0.2, 0.25) is 0 Å². The van der Waals surface area contributed by atoms with Crippen LogP contribution in [0.5, 0.6) is 0 Å². The summed E-state index contributed by atoms with van der Waals surface area (Å²) in [6, 6.07) is 8.52. The number of benzene rings is 1. The minimum atomic E-state index is 0.453. The van der Waals surface area contributed by atoms with Gasteiger partial charge in [-0.25, -0.2) is 0 Å². The Morgan fingerprint density at radius 1 is 1.32 bits per heavy atom. The van der Waals surface area contributed by atoms with Crippen molar-refractivity contribution < 1.29 is 0 Å². The van der Waals surface area contributed by atoms with Crippen LogP contribution in [-0.4, -0.2) is 35.6 Å². The van der Waals surface area contributed by atoms with E-state index in [1.807, 2.05) is 24.3 Å². The van der Waals surface area contributed by atoms with Gasteiger partial charge in [-0.05, 0) is 45.0 Å². The van der Waals surface area contributed by atoms with Gasteiger partial charge < -0.3 is 11.1 Å². The van der Waals surface area contributed by atoms with E-state index in [0.717, 1.165) is 17.8 Å². The molecule has 0 aromatic heterocycles. The summed E-state index contributed by atoms with van der Waals surface area (Å²) in [6.45, 7) is 5.65. The van der Waals surface area contributed by atoms with E-state index in [2.05, 4.69) is 17.1 Å². The van der Waals surface area contributed by atoms with Crippen LogP contribution in [-0.2, 0) is 0 Å². The maximum absolute atomic E-state index is 5.74. The SMILES string of the molecule is CC(CNc1ccccc1C(N)=S)N1CCCCC1. The van der Waals surface area contributed by atoms with Crippen LogP contribution in [0.2, 0.25) is 0 Å². The lowest BCUT2D eigenvalue weighted by molar-refractivity contribution is 0.180. The molecule has 1 atom stereocenters. The summed E-state index contributed by atoms with van der Waals surface area (Å²) in [4.78, 5) is 3.01. The molecule has 3 nitrogen and oxygen atoms in total. The van der Waals surface area contributed by atoms with Crippen molar-refractivity contribution in [1.29, 1.82) is 0 Å². The lowest BCUT2D eigenvalue weighted by Gasteiger charge is -2.32. The summed E-state index contributed by atoms with van der Waals surface area (Å²) in [5, 5.41) is 3.48. The van der Waals surface area contributed by atoms with Crippen molar-refractivity contribution in [3.8, 4) is 0 Å². The number of para-hydroxylation sites is 1. The Kier molecular flexibility index (Phi) is 5.16. The van der Waals surface area contributed by atoms with Crippen molar-refractivity contribution in [1.82, 2.24) is 4.90 Å². The van der Waals surface area contributed by atoms with Crippen molar-refractivity contribution >= 4 is 22.9 Å². The summed E-state index contributed by atoms with van der Waals surface area (Å²) in [6.07, 6.45) is 4.03. The molecule has 0 aliphatic carbocycles. The third-order valence-electron chi connectivity index (χ3n) is 3.79. The first kappa shape index (κ1) is 14.3. The third kappa shape index (κ3) is 3.91. The molecular weight excluding hydrogens is 254 g/mol. The Balaban J connectivity index is 1.92. The first-order valence-electron chi connectivity index (χ1n) is 7.05. The van der Waals surface area contributed by atoms with Gasteiger partial charge in [-0.3, -0.25) is 4.90 Å². The van der Waals surface area contributed by atoms with E-state index in [1.54, 1.807) is 0 Å². The second kappa shape index (κ2) is 6.87. The molecule has 3 N–H and O–H groups in total. The average Bonchev–Trinajstić information content (AvgIpc) is 2.46. The van der Waals surface area contributed by atoms with Crippen LogP contribution >= 0.6 is 12.2 Å². The van der Waals surface area contributed by atoms with Crippen LogP contribution in [0.4, 0.5) is 5.69 Å². The number of rotatable bonds is 5. The zero-order valence-electron chi connectivity index (χ0n) is 11.6. The summed E-state index contributed by atoms with van der Waals surface area (Å²) in [5.41, 5.74) is 7.72. The molecule has 1 saturated heterocycles. The molecule has 0 saturated carbocycles. The average molecular weight is 277 g/mol. The predicted molar refractivity (Wildman–Crippen MR) is 85.7 cm³/mol. The summed E-state index contributed by atoms with van der Waals surface area (Å²) in [7, 11) is 0. The lowest BCUT2D eigenvalue weighted by Crippen LogP contribution is -2.41. The molecule has 19 heavy (non-hydrogen) atoms. The molecule has 0 spiro atoms. The summed E-state index contributed by atoms with van der Waals surface area (Å²) in [5.74, 6) is 0. The Labute approximate surface area is 121 Å². The van der Waals surface area contributed by atoms with Gasteiger partial charge in [-0.2, -0.15) is 0 Å². The van der Waals surface area contributed by atoms with Crippen molar-refractivity contribution in [3.05, 3.63) is 29.8 Å². The van der Waals surface area contributed by atoms with E-state index in [-0.39, 0.29) is 0 Å². The van der Waals surface area contributed by atoms with Gasteiger partial charge in [-0.1, -0.05) is 30.8 Å². The molecule has 1 aliphatic rings. The zero-order chi connectivity index (χ0) is 13.7. The van der Waals surface area contributed by atoms with Gasteiger partial charge in [0, 0.05) is 23.8 Å². The number of piperidine rings is 1. The van der Waals surface area contributed by atoms with Crippen LogP contribution < -0.4 is 11.1 Å². The number of nitrogens with two attached hydrogens (primary N) is 1. The Bertz CT molecular complexity index is 427. The van der Waals surface area contributed by atoms with E-state index >= 15 is 0 Å². The molecular formula is C15H23N3S. The van der Waals surface area contributed by atoms with E-state index in [4.69, 9.17) is 18.0 Å². The van der Waals surface area contributed by atoms with Gasteiger partial charge in [0.25, 0.3) is 0 Å². The highest BCUT2D eigenvalue weighted by molar-refractivity contribution is 7.80. The fraction of sp³-hybridized carbons (Fsp3) is 0.533. The minimum absolute atomic E-state index is 0.453. The van der Waals surface area contributed by atoms with Gasteiger partial charge in [0.15, 0.2) is 0 Å². The van der Waals surface area contributed by atoms with Gasteiger partial charge in [-0.15, -0.1) is 0 Å². The molecule has 1 aromatic rings. The van der Waals surface area contributed by atoms with Crippen LogP contribution in [0, 0.1) is 0 Å². The summed E-state index contributed by atoms with van der Waals surface area (Å²) < 4.78 is 0. The van der Waals surface area contributed by atoms with Crippen molar-refractivity contribution in [2.24, 2.45) is 5.73 Å². The molecule has 4 heteroatoms. The standard InChI is InChI=1S/C15H23N3S/c1-12(18-9-5-2-6-10-18)11-17-14-8-4-3-7-13(14)15(16)19/h3-4,7-8,12,17H,2,5-6,9-11H2,1H3,(H2,16,19). The maximum Gasteiger partial charge on any atom is 0.106 e. The number of nitrogens with one attached hydrogen (secondary N) is 1. The molecule has 2 rings (SSSR count). The molecule has 1 aromatic carbocycles. The number of hydrogen-bond acceptors (Lipinski definition) is 3. The van der Waals surface area contributed by atoms with Crippen molar-refractivity contribution in [2.75, 3.05) is 25.0 Å². The Morgan fingerprint density at radius 2 is 2.00 bits per heavy atom. The van der Waals surface area contributed by atoms with E-state index < -0.39 is 0 Å². The molecule has 1 aliphatic heterocycles. The lowest BCUT2D eigenvalue weighted by atomic mass is 10.1. The smallest absolute Gasteiger partial charge is 0.106 e. The Morgan fingerprint density at radius 3 is 2.68 bits per heavy atom. The maximum atomic E-state index is 5.74. The molecule has 0 radical (unpaired) electrons. The topological polar surface area (TPSA) is 41.3 Å². The van der Waals surface area contributed by atoms with Crippen LogP contribution in [0.3, 0.4) is 0 Å². The van der Waals surface area contributed by atoms with Crippen LogP contribution in [0.25, 0.3) is 0 Å². The second-order valence-corrected chi connectivity index (χ2v) is 5.68. The van der Waals surface area contributed by atoms with E-state index in [9.17, 15) is 0 Å². The first-order valence-corrected chi connectivity index (χ1v) is 7.46. The van der Waals surface area contributed by atoms with Crippen molar-refractivity contribution in [2.45, 2.75) is 32.2 Å². The zero-order valence-corrected chi connectivity index (χ0v) is 12.4. The van der Waals surface area contributed by atoms with Gasteiger partial charge in [0.05, 0.1) is 0 Å². The highest BCUT2D eigenvalue weighted by atomic mass is 32.1. The van der Waals surface area contributed by atoms with Crippen LogP contribution in [0.15, 0.2) is 24.3 Å². The predicted octanol–water partition coefficient (Wildman–Crippen LogP) is 2.61. The monoisotopic (exact) mass is 277 g/mol. The first-order chi connectivity index (χ1) is 9.18. The molecule has 0 bridgehead atoms. The molecule has 1 unspecified atom stereocenters. The molecule has 1 fully saturated rings. The normalized spacial score (nSPS) is 17.9. The molecule has 1 heterocycles. The van der Waals surface area contributed by atoms with Gasteiger partial charge >= 0.3 is 0 Å². The number of anilines is 1. The van der Waals surface area contributed by atoms with Gasteiger partial charge in [0.1, 0.15) is 4.99 Å². The number of likely N-dealkylation sites (tertiary alicyclic amines) is 1. The second-order valence-electron chi connectivity index (χ2n) is 5.24. The highest BCUT2D eigenvalue weighted by Gasteiger charge is 2.16. The quantitative estimate of drug-likeness (QED) is 0.812. The van der Waals surface area contributed by atoms with E-state index in [0.29, 0.717) is 11.0 Å². The van der Waals surface area contributed by atoms with Crippen LogP contribution in [0.1, 0.15) is 31.7 Å². The van der Waals surface area contributed by atoms with E-state index in [1.165, 1.54) is 32.4 Å². The fourth-order valence-corrected chi connectivity index (χ4v) is 2.78. The third-order valence-corrected chi connectivity index (χ3v) is 4.01. The summed E-state index contributed by atoms with van der Waals surface area (Å²) >= 11 is 5.08. The molecule has 104 valence electrons. The number of thiocarbonyl (C=S) groups is 1. The largest absolute Gasteiger partial charge is 0.389 e. The molecule has 0 amide bonds. The van der Waals surface area contributed by atoms with Crippen molar-refractivity contribution in [3.63, 3.8) is 0 Å². The minimum Gasteiger partial charge on any atom is -0.389 e.